The Morgan fingerprint density at radius 2 is 2.09 bits per heavy atom. The minimum absolute atomic E-state index is 0.0977. The van der Waals surface area contributed by atoms with E-state index in [0.717, 1.165) is 5.46 Å². The quantitative estimate of drug-likeness (QED) is 0.329. The predicted molar refractivity (Wildman–Crippen MR) is 89.3 cm³/mol. The third kappa shape index (κ3) is 4.19. The van der Waals surface area contributed by atoms with Crippen molar-refractivity contribution in [2.45, 2.75) is 12.1 Å². The minimum atomic E-state index is -0.808. The highest BCUT2D eigenvalue weighted by Crippen LogP contribution is 2.28. The average molecular weight is 331 g/mol. The number of ether oxygens (including phenoxy) is 1. The van der Waals surface area contributed by atoms with Crippen LogP contribution in [-0.4, -0.2) is 40.9 Å². The van der Waals surface area contributed by atoms with Crippen LogP contribution < -0.4 is 21.3 Å². The fourth-order valence-electron chi connectivity index (χ4n) is 1.79. The second-order valence-electron chi connectivity index (χ2n) is 4.57. The van der Waals surface area contributed by atoms with Crippen LogP contribution in [0.2, 0.25) is 0 Å². The molecule has 0 aliphatic heterocycles. The number of hydrogen-bond acceptors (Lipinski definition) is 8. The highest BCUT2D eigenvalue weighted by Gasteiger charge is 2.22. The van der Waals surface area contributed by atoms with Gasteiger partial charge in [0.25, 0.3) is 5.91 Å². The standard InChI is InChI=1S/C13H14BN5O3S/c1-6(20)22-12-9(10(15)21)11(18-13(19-12)23-2)17-8-3-7(14)4-16-5-8/h3-5H,14H2,1-2H3,(H2,15,21)(H,17,18,19). The van der Waals surface area contributed by atoms with Gasteiger partial charge in [-0.2, -0.15) is 4.98 Å². The molecule has 0 saturated carbocycles. The number of anilines is 2. The van der Waals surface area contributed by atoms with Crippen molar-refractivity contribution in [3.63, 3.8) is 0 Å². The summed E-state index contributed by atoms with van der Waals surface area (Å²) in [5.41, 5.74) is 6.84. The molecule has 2 aromatic heterocycles. The molecule has 23 heavy (non-hydrogen) atoms. The number of aromatic nitrogens is 3. The molecule has 1 amide bonds. The number of amides is 1. The maximum Gasteiger partial charge on any atom is 0.309 e. The smallest absolute Gasteiger partial charge is 0.309 e. The lowest BCUT2D eigenvalue weighted by atomic mass is 9.99. The van der Waals surface area contributed by atoms with Crippen LogP contribution in [0.4, 0.5) is 11.5 Å². The number of primary amides is 1. The fraction of sp³-hybridized carbons (Fsp3) is 0.154. The topological polar surface area (TPSA) is 120 Å². The van der Waals surface area contributed by atoms with E-state index in [1.807, 2.05) is 13.9 Å². The number of nitrogens with zero attached hydrogens (tertiary/aromatic N) is 3. The van der Waals surface area contributed by atoms with Crippen LogP contribution in [0.25, 0.3) is 0 Å². The van der Waals surface area contributed by atoms with Crippen LogP contribution in [0.1, 0.15) is 17.3 Å². The fourth-order valence-corrected chi connectivity index (χ4v) is 2.15. The first kappa shape index (κ1) is 16.8. The molecule has 0 aliphatic rings. The van der Waals surface area contributed by atoms with E-state index in [-0.39, 0.29) is 17.3 Å². The molecule has 118 valence electrons. The second-order valence-corrected chi connectivity index (χ2v) is 5.35. The summed E-state index contributed by atoms with van der Waals surface area (Å²) in [6.07, 6.45) is 5.02. The molecule has 0 aliphatic carbocycles. The maximum absolute atomic E-state index is 11.8. The Bertz CT molecular complexity index is 771. The first-order valence-electron chi connectivity index (χ1n) is 6.53. The third-order valence-corrected chi connectivity index (χ3v) is 3.21. The van der Waals surface area contributed by atoms with Crippen LogP contribution in [0, 0.1) is 0 Å². The van der Waals surface area contributed by atoms with Gasteiger partial charge < -0.3 is 15.8 Å². The van der Waals surface area contributed by atoms with Crippen LogP contribution in [0.3, 0.4) is 0 Å². The average Bonchev–Trinajstić information content (AvgIpc) is 2.45. The Kier molecular flexibility index (Phi) is 5.17. The molecule has 0 spiro atoms. The van der Waals surface area contributed by atoms with E-state index < -0.39 is 11.9 Å². The SMILES string of the molecule is Bc1cncc(Nc2nc(SC)nc(OC(C)=O)c2C(N)=O)c1. The number of thioether (sulfide) groups is 1. The molecule has 0 atom stereocenters. The molecular weight excluding hydrogens is 317 g/mol. The summed E-state index contributed by atoms with van der Waals surface area (Å²) in [5.74, 6) is -1.44. The molecule has 0 radical (unpaired) electrons. The first-order chi connectivity index (χ1) is 10.9. The Hall–Kier alpha value is -2.62. The van der Waals surface area contributed by atoms with E-state index in [9.17, 15) is 9.59 Å². The number of esters is 1. The number of nitrogens with two attached hydrogens (primary N) is 1. The van der Waals surface area contributed by atoms with Gasteiger partial charge in [0.1, 0.15) is 13.4 Å². The highest BCUT2D eigenvalue weighted by molar-refractivity contribution is 7.98. The van der Waals surface area contributed by atoms with Crippen molar-refractivity contribution in [1.29, 1.82) is 0 Å². The lowest BCUT2D eigenvalue weighted by molar-refractivity contribution is -0.132. The van der Waals surface area contributed by atoms with Gasteiger partial charge in [0.05, 0.1) is 11.9 Å². The molecule has 10 heteroatoms. The Morgan fingerprint density at radius 1 is 1.35 bits per heavy atom. The van der Waals surface area contributed by atoms with Crippen LogP contribution in [-0.2, 0) is 4.79 Å². The van der Waals surface area contributed by atoms with Gasteiger partial charge in [-0.3, -0.25) is 14.6 Å². The van der Waals surface area contributed by atoms with Gasteiger partial charge in [0.2, 0.25) is 5.88 Å². The normalized spacial score (nSPS) is 10.2. The molecule has 2 rings (SSSR count). The van der Waals surface area contributed by atoms with Crippen molar-refractivity contribution < 1.29 is 14.3 Å². The van der Waals surface area contributed by atoms with Gasteiger partial charge >= 0.3 is 5.97 Å². The van der Waals surface area contributed by atoms with Crippen LogP contribution in [0.15, 0.2) is 23.6 Å². The minimum Gasteiger partial charge on any atom is -0.407 e. The van der Waals surface area contributed by atoms with Crippen molar-refractivity contribution >= 4 is 48.5 Å². The molecule has 0 unspecified atom stereocenters. The van der Waals surface area contributed by atoms with Crippen molar-refractivity contribution in [3.05, 3.63) is 24.0 Å². The molecule has 0 fully saturated rings. The summed E-state index contributed by atoms with van der Waals surface area (Å²) in [5, 5.41) is 3.29. The molecule has 0 saturated heterocycles. The van der Waals surface area contributed by atoms with Gasteiger partial charge in [0.15, 0.2) is 11.0 Å². The van der Waals surface area contributed by atoms with Crippen LogP contribution in [0.5, 0.6) is 5.88 Å². The van der Waals surface area contributed by atoms with E-state index in [4.69, 9.17) is 10.5 Å². The predicted octanol–water partition coefficient (Wildman–Crippen LogP) is -0.380. The monoisotopic (exact) mass is 331 g/mol. The maximum atomic E-state index is 11.8. The highest BCUT2D eigenvalue weighted by atomic mass is 32.2. The summed E-state index contributed by atoms with van der Waals surface area (Å²) >= 11 is 1.24. The van der Waals surface area contributed by atoms with E-state index >= 15 is 0 Å². The summed E-state index contributed by atoms with van der Waals surface area (Å²) < 4.78 is 4.99. The molecule has 2 aromatic rings. The number of carbonyl (C=O) groups excluding carboxylic acids is 2. The van der Waals surface area contributed by atoms with Gasteiger partial charge in [-0.25, -0.2) is 4.98 Å². The lowest BCUT2D eigenvalue weighted by Crippen LogP contribution is -2.19. The van der Waals surface area contributed by atoms with Crippen molar-refractivity contribution in [2.24, 2.45) is 5.73 Å². The zero-order valence-electron chi connectivity index (χ0n) is 12.8. The van der Waals surface area contributed by atoms with Gasteiger partial charge in [0, 0.05) is 13.1 Å². The van der Waals surface area contributed by atoms with Gasteiger partial charge in [-0.15, -0.1) is 0 Å². The Balaban J connectivity index is 2.55. The second kappa shape index (κ2) is 7.10. The summed E-state index contributed by atoms with van der Waals surface area (Å²) in [7, 11) is 1.88. The van der Waals surface area contributed by atoms with E-state index in [1.54, 1.807) is 18.6 Å². The zero-order chi connectivity index (χ0) is 17.0. The Morgan fingerprint density at radius 3 is 2.65 bits per heavy atom. The Labute approximate surface area is 137 Å². The van der Waals surface area contributed by atoms with Crippen molar-refractivity contribution in [3.8, 4) is 5.88 Å². The number of nitrogens with one attached hydrogen (secondary N) is 1. The molecule has 3 N–H and O–H groups in total. The largest absolute Gasteiger partial charge is 0.407 e. The zero-order valence-corrected chi connectivity index (χ0v) is 13.6. The van der Waals surface area contributed by atoms with Crippen molar-refractivity contribution in [1.82, 2.24) is 15.0 Å². The number of pyridine rings is 1. The van der Waals surface area contributed by atoms with E-state index in [2.05, 4.69) is 20.3 Å². The molecule has 2 heterocycles. The van der Waals surface area contributed by atoms with E-state index in [1.165, 1.54) is 18.7 Å². The van der Waals surface area contributed by atoms with Gasteiger partial charge in [-0.05, 0) is 12.3 Å². The molecule has 0 aromatic carbocycles. The van der Waals surface area contributed by atoms with Crippen molar-refractivity contribution in [2.75, 3.05) is 11.6 Å². The number of carbonyl (C=O) groups is 2. The third-order valence-electron chi connectivity index (χ3n) is 2.66. The molecular formula is C13H14BN5O3S. The first-order valence-corrected chi connectivity index (χ1v) is 7.76. The number of hydrogen-bond donors (Lipinski definition) is 2. The molecule has 8 nitrogen and oxygen atoms in total. The van der Waals surface area contributed by atoms with Gasteiger partial charge in [-0.1, -0.05) is 17.2 Å². The van der Waals surface area contributed by atoms with E-state index in [0.29, 0.717) is 10.8 Å². The summed E-state index contributed by atoms with van der Waals surface area (Å²) in [6, 6.07) is 1.82. The van der Waals surface area contributed by atoms with Crippen LogP contribution >= 0.6 is 11.8 Å². The lowest BCUT2D eigenvalue weighted by Gasteiger charge is -2.13. The summed E-state index contributed by atoms with van der Waals surface area (Å²) in [6.45, 7) is 1.21. The summed E-state index contributed by atoms with van der Waals surface area (Å²) in [4.78, 5) is 35.3. The molecule has 0 bridgehead atoms. The number of rotatable bonds is 5.